The van der Waals surface area contributed by atoms with Crippen molar-refractivity contribution in [1.29, 1.82) is 0 Å². The third-order valence-electron chi connectivity index (χ3n) is 5.50. The molecule has 4 heteroatoms. The van der Waals surface area contributed by atoms with Crippen LogP contribution < -0.4 is 4.90 Å². The van der Waals surface area contributed by atoms with Crippen LogP contribution in [-0.2, 0) is 20.7 Å². The van der Waals surface area contributed by atoms with Crippen LogP contribution in [-0.4, -0.2) is 19.0 Å². The van der Waals surface area contributed by atoms with Gasteiger partial charge in [-0.25, -0.2) is 4.79 Å². The minimum Gasteiger partial charge on any atom is -0.465 e. The maximum Gasteiger partial charge on any atom is 0.340 e. The number of amides is 1. The smallest absolute Gasteiger partial charge is 0.340 e. The van der Waals surface area contributed by atoms with Crippen molar-refractivity contribution in [3.05, 3.63) is 94.7 Å². The van der Waals surface area contributed by atoms with E-state index in [2.05, 4.69) is 6.92 Å². The first-order chi connectivity index (χ1) is 14.5. The predicted molar refractivity (Wildman–Crippen MR) is 120 cm³/mol. The number of nitrogens with zero attached hydrogens (tertiary/aromatic N) is 1. The molecule has 0 atom stereocenters. The van der Waals surface area contributed by atoms with Gasteiger partial charge in [-0.2, -0.15) is 0 Å². The molecule has 1 amide bonds. The van der Waals surface area contributed by atoms with Crippen molar-refractivity contribution in [1.82, 2.24) is 0 Å². The zero-order chi connectivity index (χ0) is 21.3. The van der Waals surface area contributed by atoms with Crippen LogP contribution in [0.15, 0.2) is 83.6 Å². The van der Waals surface area contributed by atoms with Gasteiger partial charge in [0.15, 0.2) is 0 Å². The fourth-order valence-electron chi connectivity index (χ4n) is 3.89. The molecule has 0 aromatic heterocycles. The Labute approximate surface area is 176 Å². The van der Waals surface area contributed by atoms with Crippen LogP contribution in [0.2, 0.25) is 0 Å². The zero-order valence-electron chi connectivity index (χ0n) is 17.3. The van der Waals surface area contributed by atoms with Crippen LogP contribution in [0.25, 0.3) is 16.8 Å². The Morgan fingerprint density at radius 3 is 2.40 bits per heavy atom. The fraction of sp³-hybridized carbons (Fsp3) is 0.154. The van der Waals surface area contributed by atoms with E-state index in [9.17, 15) is 9.59 Å². The van der Waals surface area contributed by atoms with E-state index in [1.165, 1.54) is 12.7 Å². The lowest BCUT2D eigenvalue weighted by molar-refractivity contribution is -0.136. The molecule has 0 radical (unpaired) electrons. The molecule has 0 saturated heterocycles. The first-order valence-corrected chi connectivity index (χ1v) is 9.97. The molecule has 0 bridgehead atoms. The maximum atomic E-state index is 13.5. The largest absolute Gasteiger partial charge is 0.465 e. The molecule has 1 aliphatic heterocycles. The summed E-state index contributed by atoms with van der Waals surface area (Å²) in [4.78, 5) is 27.8. The minimum atomic E-state index is -0.514. The highest BCUT2D eigenvalue weighted by atomic mass is 16.5. The number of benzene rings is 3. The molecule has 3 aromatic rings. The number of allylic oxidation sites excluding steroid dienone is 1. The van der Waals surface area contributed by atoms with Crippen LogP contribution >= 0.6 is 0 Å². The highest BCUT2D eigenvalue weighted by molar-refractivity contribution is 6.25. The molecule has 1 heterocycles. The number of carbonyl (C=O) groups is 2. The summed E-state index contributed by atoms with van der Waals surface area (Å²) in [5, 5.41) is 1.98. The molecule has 4 rings (SSSR count). The number of anilines is 1. The Kier molecular flexibility index (Phi) is 5.23. The maximum absolute atomic E-state index is 13.5. The van der Waals surface area contributed by atoms with Gasteiger partial charge in [0.25, 0.3) is 5.91 Å². The SMILES string of the molecule is CCc1ccc(/C=C2\C(=O)N(c3cccc4ccccc34)C(C)=C2C(=O)OC)cc1. The molecule has 150 valence electrons. The third-order valence-corrected chi connectivity index (χ3v) is 5.50. The number of fused-ring (bicyclic) bond motifs is 1. The quantitative estimate of drug-likeness (QED) is 0.444. The van der Waals surface area contributed by atoms with E-state index in [0.717, 1.165) is 28.4 Å². The van der Waals surface area contributed by atoms with Gasteiger partial charge in [-0.3, -0.25) is 9.69 Å². The van der Waals surface area contributed by atoms with Crippen molar-refractivity contribution in [2.75, 3.05) is 12.0 Å². The van der Waals surface area contributed by atoms with E-state index in [4.69, 9.17) is 4.74 Å². The number of rotatable bonds is 4. The van der Waals surface area contributed by atoms with E-state index in [1.54, 1.807) is 17.9 Å². The average molecular weight is 397 g/mol. The van der Waals surface area contributed by atoms with Crippen molar-refractivity contribution >= 4 is 34.4 Å². The monoisotopic (exact) mass is 397 g/mol. The second kappa shape index (κ2) is 7.99. The molecule has 0 fully saturated rings. The second-order valence-corrected chi connectivity index (χ2v) is 7.24. The molecule has 1 aliphatic rings. The van der Waals surface area contributed by atoms with Crippen LogP contribution in [0.1, 0.15) is 25.0 Å². The highest BCUT2D eigenvalue weighted by Crippen LogP contribution is 2.38. The fourth-order valence-corrected chi connectivity index (χ4v) is 3.89. The van der Waals surface area contributed by atoms with Crippen molar-refractivity contribution in [2.45, 2.75) is 20.3 Å². The van der Waals surface area contributed by atoms with Crippen molar-refractivity contribution in [2.24, 2.45) is 0 Å². The topological polar surface area (TPSA) is 46.6 Å². The van der Waals surface area contributed by atoms with E-state index >= 15 is 0 Å². The van der Waals surface area contributed by atoms with Crippen molar-refractivity contribution < 1.29 is 14.3 Å². The molecular weight excluding hydrogens is 374 g/mol. The van der Waals surface area contributed by atoms with Crippen LogP contribution in [0.3, 0.4) is 0 Å². The first-order valence-electron chi connectivity index (χ1n) is 9.97. The average Bonchev–Trinajstić information content (AvgIpc) is 3.02. The standard InChI is InChI=1S/C26H23NO3/c1-4-18-12-14-19(15-13-18)16-22-24(26(29)30-3)17(2)27(25(22)28)23-11-7-9-20-8-5-6-10-21(20)23/h5-16H,4H2,1-3H3/b22-16-. The molecule has 0 saturated carbocycles. The molecule has 0 aliphatic carbocycles. The summed E-state index contributed by atoms with van der Waals surface area (Å²) in [5.74, 6) is -0.746. The summed E-state index contributed by atoms with van der Waals surface area (Å²) < 4.78 is 5.01. The summed E-state index contributed by atoms with van der Waals surface area (Å²) in [6, 6.07) is 21.7. The predicted octanol–water partition coefficient (Wildman–Crippen LogP) is 5.28. The van der Waals surface area contributed by atoms with Gasteiger partial charge in [0, 0.05) is 11.1 Å². The molecule has 0 N–H and O–H groups in total. The lowest BCUT2D eigenvalue weighted by Crippen LogP contribution is -2.24. The Bertz CT molecular complexity index is 1200. The first kappa shape index (κ1) is 19.6. The number of aryl methyl sites for hydroxylation is 1. The van der Waals surface area contributed by atoms with Gasteiger partial charge in [0.2, 0.25) is 0 Å². The molecule has 3 aromatic carbocycles. The van der Waals surface area contributed by atoms with E-state index in [1.807, 2.05) is 66.7 Å². The lowest BCUT2D eigenvalue weighted by Gasteiger charge is -2.20. The molecule has 30 heavy (non-hydrogen) atoms. The summed E-state index contributed by atoms with van der Waals surface area (Å²) in [7, 11) is 1.33. The Balaban J connectivity index is 1.87. The van der Waals surface area contributed by atoms with E-state index in [0.29, 0.717) is 16.8 Å². The van der Waals surface area contributed by atoms with E-state index < -0.39 is 5.97 Å². The van der Waals surface area contributed by atoms with Gasteiger partial charge < -0.3 is 4.74 Å². The summed E-state index contributed by atoms with van der Waals surface area (Å²) >= 11 is 0. The number of methoxy groups -OCH3 is 1. The van der Waals surface area contributed by atoms with Crippen molar-refractivity contribution in [3.63, 3.8) is 0 Å². The van der Waals surface area contributed by atoms with E-state index in [-0.39, 0.29) is 5.91 Å². The normalized spacial score (nSPS) is 15.4. The van der Waals surface area contributed by atoms with Gasteiger partial charge >= 0.3 is 5.97 Å². The van der Waals surface area contributed by atoms with Crippen LogP contribution in [0.4, 0.5) is 5.69 Å². The molecule has 0 spiro atoms. The van der Waals surface area contributed by atoms with Crippen LogP contribution in [0.5, 0.6) is 0 Å². The Morgan fingerprint density at radius 2 is 1.70 bits per heavy atom. The number of hydrogen-bond donors (Lipinski definition) is 0. The summed E-state index contributed by atoms with van der Waals surface area (Å²) in [6.45, 7) is 3.88. The third kappa shape index (κ3) is 3.30. The zero-order valence-corrected chi connectivity index (χ0v) is 17.3. The molecular formula is C26H23NO3. The summed E-state index contributed by atoms with van der Waals surface area (Å²) in [5.41, 5.74) is 4.05. The highest BCUT2D eigenvalue weighted by Gasteiger charge is 2.38. The van der Waals surface area contributed by atoms with Gasteiger partial charge in [0.1, 0.15) is 0 Å². The lowest BCUT2D eigenvalue weighted by atomic mass is 10.0. The van der Waals surface area contributed by atoms with Gasteiger partial charge in [-0.1, -0.05) is 67.6 Å². The summed E-state index contributed by atoms with van der Waals surface area (Å²) in [6.07, 6.45) is 2.71. The van der Waals surface area contributed by atoms with Gasteiger partial charge in [-0.05, 0) is 42.0 Å². The number of esters is 1. The number of carbonyl (C=O) groups excluding carboxylic acids is 2. The van der Waals surface area contributed by atoms with Crippen molar-refractivity contribution in [3.8, 4) is 0 Å². The minimum absolute atomic E-state index is 0.233. The van der Waals surface area contributed by atoms with Gasteiger partial charge in [-0.15, -0.1) is 0 Å². The van der Waals surface area contributed by atoms with Gasteiger partial charge in [0.05, 0.1) is 23.9 Å². The number of ether oxygens (including phenoxy) is 1. The molecule has 4 nitrogen and oxygen atoms in total. The second-order valence-electron chi connectivity index (χ2n) is 7.24. The Hall–Kier alpha value is -3.66. The Morgan fingerprint density at radius 1 is 1.00 bits per heavy atom. The number of hydrogen-bond acceptors (Lipinski definition) is 3. The molecule has 0 unspecified atom stereocenters. The van der Waals surface area contributed by atoms with Crippen LogP contribution in [0, 0.1) is 0 Å².